The first-order valence-corrected chi connectivity index (χ1v) is 12.7. The second-order valence-electron chi connectivity index (χ2n) is 8.10. The monoisotopic (exact) mass is 548 g/mol. The summed E-state index contributed by atoms with van der Waals surface area (Å²) >= 11 is 24.8. The van der Waals surface area contributed by atoms with Crippen molar-refractivity contribution in [1.29, 1.82) is 0 Å². The minimum absolute atomic E-state index is 0.681. The van der Waals surface area contributed by atoms with Gasteiger partial charge in [0.1, 0.15) is 0 Å². The molecule has 0 fully saturated rings. The van der Waals surface area contributed by atoms with Crippen molar-refractivity contribution in [3.63, 3.8) is 0 Å². The molecule has 0 N–H and O–H groups in total. The molecule has 0 atom stereocenters. The van der Waals surface area contributed by atoms with Crippen molar-refractivity contribution < 1.29 is 0 Å². The van der Waals surface area contributed by atoms with E-state index in [0.717, 1.165) is 34.1 Å². The fourth-order valence-electron chi connectivity index (χ4n) is 4.03. The number of anilines is 6. The van der Waals surface area contributed by atoms with Gasteiger partial charge < -0.3 is 9.80 Å². The number of hydrogen-bond acceptors (Lipinski definition) is 2. The Kier molecular flexibility index (Phi) is 7.41. The molecular formula is C30H20Cl4N2. The first kappa shape index (κ1) is 24.5. The van der Waals surface area contributed by atoms with E-state index in [4.69, 9.17) is 46.4 Å². The average Bonchev–Trinajstić information content (AvgIpc) is 2.89. The lowest BCUT2D eigenvalue weighted by Gasteiger charge is -2.29. The molecule has 0 amide bonds. The molecule has 2 nitrogen and oxygen atoms in total. The van der Waals surface area contributed by atoms with Gasteiger partial charge in [-0.1, -0.05) is 52.5 Å². The van der Waals surface area contributed by atoms with E-state index < -0.39 is 0 Å². The Morgan fingerprint density at radius 3 is 0.806 bits per heavy atom. The molecule has 5 aromatic rings. The van der Waals surface area contributed by atoms with Crippen LogP contribution in [0.4, 0.5) is 34.1 Å². The molecule has 5 aromatic carbocycles. The number of benzene rings is 5. The van der Waals surface area contributed by atoms with E-state index >= 15 is 0 Å². The summed E-state index contributed by atoms with van der Waals surface area (Å²) in [5.41, 5.74) is 5.86. The van der Waals surface area contributed by atoms with Crippen molar-refractivity contribution in [2.75, 3.05) is 9.80 Å². The van der Waals surface area contributed by atoms with Crippen LogP contribution in [0.15, 0.2) is 121 Å². The van der Waals surface area contributed by atoms with Crippen LogP contribution >= 0.6 is 46.4 Å². The quantitative estimate of drug-likeness (QED) is 0.208. The first-order valence-electron chi connectivity index (χ1n) is 11.2. The van der Waals surface area contributed by atoms with E-state index in [1.54, 1.807) is 0 Å². The van der Waals surface area contributed by atoms with Gasteiger partial charge in [-0.15, -0.1) is 0 Å². The van der Waals surface area contributed by atoms with E-state index in [0.29, 0.717) is 20.1 Å². The van der Waals surface area contributed by atoms with Gasteiger partial charge in [0.25, 0.3) is 0 Å². The van der Waals surface area contributed by atoms with Crippen molar-refractivity contribution in [1.82, 2.24) is 0 Å². The van der Waals surface area contributed by atoms with Crippen LogP contribution in [0.1, 0.15) is 0 Å². The topological polar surface area (TPSA) is 6.48 Å². The summed E-state index contributed by atoms with van der Waals surface area (Å²) in [5.74, 6) is 0. The highest BCUT2D eigenvalue weighted by Gasteiger charge is 2.17. The molecule has 36 heavy (non-hydrogen) atoms. The molecule has 0 aliphatic heterocycles. The van der Waals surface area contributed by atoms with Gasteiger partial charge in [-0.2, -0.15) is 0 Å². The van der Waals surface area contributed by atoms with E-state index in [9.17, 15) is 0 Å². The predicted octanol–water partition coefficient (Wildman–Crippen LogP) is 11.2. The first-order chi connectivity index (χ1) is 17.5. The molecule has 0 unspecified atom stereocenters. The number of rotatable bonds is 6. The maximum absolute atomic E-state index is 6.19. The van der Waals surface area contributed by atoms with E-state index in [1.165, 1.54) is 0 Å². The lowest BCUT2D eigenvalue weighted by Crippen LogP contribution is -2.13. The van der Waals surface area contributed by atoms with Crippen LogP contribution in [-0.2, 0) is 0 Å². The minimum Gasteiger partial charge on any atom is -0.310 e. The largest absolute Gasteiger partial charge is 0.310 e. The standard InChI is InChI=1S/C30H20Cl4N2/c31-21-4-12-25(13-5-21)35(26-14-6-22(32)7-15-26)29-2-1-3-30(20-29)36(27-16-8-23(33)9-17-27)28-18-10-24(34)11-19-28/h1-20H. The average molecular weight is 550 g/mol. The van der Waals surface area contributed by atoms with Gasteiger partial charge in [-0.25, -0.2) is 0 Å². The Bertz CT molecular complexity index is 1250. The molecule has 0 heterocycles. The summed E-state index contributed by atoms with van der Waals surface area (Å²) in [6, 6.07) is 39.4. The van der Waals surface area contributed by atoms with Crippen molar-refractivity contribution >= 4 is 80.5 Å². The van der Waals surface area contributed by atoms with Gasteiger partial charge in [0.15, 0.2) is 0 Å². The van der Waals surface area contributed by atoms with Crippen LogP contribution in [0.2, 0.25) is 20.1 Å². The molecule has 178 valence electrons. The van der Waals surface area contributed by atoms with Gasteiger partial charge in [-0.3, -0.25) is 0 Å². The highest BCUT2D eigenvalue weighted by atomic mass is 35.5. The molecule has 5 rings (SSSR count). The SMILES string of the molecule is Clc1ccc(N(c2ccc(Cl)cc2)c2cccc(N(c3ccc(Cl)cc3)c3ccc(Cl)cc3)c2)cc1. The van der Waals surface area contributed by atoms with Crippen molar-refractivity contribution in [3.05, 3.63) is 141 Å². The zero-order valence-corrected chi connectivity index (χ0v) is 22.0. The third-order valence-corrected chi connectivity index (χ3v) is 6.69. The number of hydrogen-bond donors (Lipinski definition) is 0. The van der Waals surface area contributed by atoms with E-state index in [-0.39, 0.29) is 0 Å². The zero-order valence-electron chi connectivity index (χ0n) is 19.0. The van der Waals surface area contributed by atoms with Crippen LogP contribution in [0.25, 0.3) is 0 Å². The van der Waals surface area contributed by atoms with Crippen LogP contribution in [0, 0.1) is 0 Å². The van der Waals surface area contributed by atoms with Crippen molar-refractivity contribution in [3.8, 4) is 0 Å². The van der Waals surface area contributed by atoms with Crippen LogP contribution < -0.4 is 9.80 Å². The predicted molar refractivity (Wildman–Crippen MR) is 156 cm³/mol. The van der Waals surface area contributed by atoms with Gasteiger partial charge >= 0.3 is 0 Å². The lowest BCUT2D eigenvalue weighted by atomic mass is 10.1. The van der Waals surface area contributed by atoms with E-state index in [1.807, 2.05) is 103 Å². The molecule has 0 aromatic heterocycles. The number of nitrogens with zero attached hydrogens (tertiary/aromatic N) is 2. The van der Waals surface area contributed by atoms with Crippen LogP contribution in [-0.4, -0.2) is 0 Å². The summed E-state index contributed by atoms with van der Waals surface area (Å²) in [6.45, 7) is 0. The Hall–Kier alpha value is -3.14. The molecule has 0 saturated heterocycles. The summed E-state index contributed by atoms with van der Waals surface area (Å²) in [7, 11) is 0. The molecule has 0 aliphatic carbocycles. The molecular weight excluding hydrogens is 530 g/mol. The van der Waals surface area contributed by atoms with Gasteiger partial charge in [0.05, 0.1) is 0 Å². The van der Waals surface area contributed by atoms with Gasteiger partial charge in [0, 0.05) is 54.2 Å². The van der Waals surface area contributed by atoms with Crippen LogP contribution in [0.3, 0.4) is 0 Å². The summed E-state index contributed by atoms with van der Waals surface area (Å²) in [6.07, 6.45) is 0. The Morgan fingerprint density at radius 2 is 0.556 bits per heavy atom. The Balaban J connectivity index is 1.65. The smallest absolute Gasteiger partial charge is 0.0482 e. The molecule has 0 saturated carbocycles. The normalized spacial score (nSPS) is 10.8. The second-order valence-corrected chi connectivity index (χ2v) is 9.84. The minimum atomic E-state index is 0.681. The highest BCUT2D eigenvalue weighted by molar-refractivity contribution is 6.31. The van der Waals surface area contributed by atoms with Crippen molar-refractivity contribution in [2.45, 2.75) is 0 Å². The second kappa shape index (κ2) is 10.9. The fraction of sp³-hybridized carbons (Fsp3) is 0. The van der Waals surface area contributed by atoms with Gasteiger partial charge in [0.2, 0.25) is 0 Å². The van der Waals surface area contributed by atoms with Gasteiger partial charge in [-0.05, 0) is 115 Å². The maximum Gasteiger partial charge on any atom is 0.0482 e. The molecule has 0 bridgehead atoms. The van der Waals surface area contributed by atoms with Crippen LogP contribution in [0.5, 0.6) is 0 Å². The highest BCUT2D eigenvalue weighted by Crippen LogP contribution is 2.41. The summed E-state index contributed by atoms with van der Waals surface area (Å²) in [5, 5.41) is 2.72. The summed E-state index contributed by atoms with van der Waals surface area (Å²) < 4.78 is 0. The molecule has 0 aliphatic rings. The fourth-order valence-corrected chi connectivity index (χ4v) is 4.53. The lowest BCUT2D eigenvalue weighted by molar-refractivity contribution is 1.25. The molecule has 0 spiro atoms. The number of halogens is 4. The maximum atomic E-state index is 6.19. The third-order valence-electron chi connectivity index (χ3n) is 5.69. The summed E-state index contributed by atoms with van der Waals surface area (Å²) in [4.78, 5) is 4.33. The Labute approximate surface area is 230 Å². The molecule has 6 heteroatoms. The van der Waals surface area contributed by atoms with E-state index in [2.05, 4.69) is 28.0 Å². The van der Waals surface area contributed by atoms with Crippen molar-refractivity contribution in [2.24, 2.45) is 0 Å². The zero-order chi connectivity index (χ0) is 25.1. The third kappa shape index (κ3) is 5.48. The Morgan fingerprint density at radius 1 is 0.306 bits per heavy atom. The molecule has 0 radical (unpaired) electrons.